The van der Waals surface area contributed by atoms with Crippen molar-refractivity contribution in [2.45, 2.75) is 31.0 Å². The summed E-state index contributed by atoms with van der Waals surface area (Å²) in [5.41, 5.74) is -1.76. The average Bonchev–Trinajstić information content (AvgIpc) is 3.56. The summed E-state index contributed by atoms with van der Waals surface area (Å²) in [4.78, 5) is 27.4. The van der Waals surface area contributed by atoms with Gasteiger partial charge in [0.1, 0.15) is 6.54 Å². The fraction of sp³-hybridized carbons (Fsp3) is 0.391. The minimum Gasteiger partial charge on any atom is -0.453 e. The van der Waals surface area contributed by atoms with Crippen LogP contribution in [0.15, 0.2) is 52.5 Å². The molecule has 0 saturated carbocycles. The molecule has 0 amide bonds. The van der Waals surface area contributed by atoms with Gasteiger partial charge in [-0.3, -0.25) is 4.79 Å². The Balaban J connectivity index is 1.35. The number of likely N-dealkylation sites (tertiary alicyclic amines) is 1. The van der Waals surface area contributed by atoms with E-state index >= 15 is 0 Å². The summed E-state index contributed by atoms with van der Waals surface area (Å²) in [6, 6.07) is 11.0. The highest BCUT2D eigenvalue weighted by molar-refractivity contribution is 7.12. The second kappa shape index (κ2) is 9.34. The van der Waals surface area contributed by atoms with Crippen LogP contribution >= 0.6 is 34.0 Å². The van der Waals surface area contributed by atoms with Gasteiger partial charge in [-0.2, -0.15) is 0 Å². The minimum absolute atomic E-state index is 0.195. The number of carbonyl (C=O) groups is 2. The van der Waals surface area contributed by atoms with Gasteiger partial charge in [0.25, 0.3) is 0 Å². The molecular formula is C23H26NO4S3+. The van der Waals surface area contributed by atoms with Gasteiger partial charge in [-0.1, -0.05) is 18.2 Å². The van der Waals surface area contributed by atoms with Crippen LogP contribution in [0.2, 0.25) is 0 Å². The number of rotatable bonds is 9. The van der Waals surface area contributed by atoms with Gasteiger partial charge in [-0.25, -0.2) is 4.79 Å². The van der Waals surface area contributed by atoms with E-state index in [1.807, 2.05) is 40.4 Å². The largest absolute Gasteiger partial charge is 0.453 e. The summed E-state index contributed by atoms with van der Waals surface area (Å²) in [5.74, 6) is -0.413. The molecule has 31 heavy (non-hydrogen) atoms. The topological polar surface area (TPSA) is 63.6 Å². The molecule has 0 bridgehead atoms. The highest BCUT2D eigenvalue weighted by atomic mass is 32.1. The lowest BCUT2D eigenvalue weighted by atomic mass is 10.00. The Morgan fingerprint density at radius 2 is 1.74 bits per heavy atom. The van der Waals surface area contributed by atoms with Crippen LogP contribution in [0.3, 0.4) is 0 Å². The zero-order valence-electron chi connectivity index (χ0n) is 17.4. The van der Waals surface area contributed by atoms with Crippen molar-refractivity contribution in [3.63, 3.8) is 0 Å². The maximum Gasteiger partial charge on any atom is 0.349 e. The van der Waals surface area contributed by atoms with Gasteiger partial charge in [-0.05, 0) is 34.3 Å². The molecule has 2 atom stereocenters. The summed E-state index contributed by atoms with van der Waals surface area (Å²) < 4.78 is 6.62. The van der Waals surface area contributed by atoms with Gasteiger partial charge >= 0.3 is 5.97 Å². The molecule has 8 heteroatoms. The third kappa shape index (κ3) is 4.83. The van der Waals surface area contributed by atoms with Crippen LogP contribution in [0.1, 0.15) is 38.7 Å². The first-order chi connectivity index (χ1) is 14.9. The molecular weight excluding hydrogens is 450 g/mol. The molecule has 164 valence electrons. The van der Waals surface area contributed by atoms with Gasteiger partial charge in [0.15, 0.2) is 11.9 Å². The standard InChI is InChI=1S/C23H26NO4S3/c1-24(11-2-6-18(25)19-7-3-13-29-19)12-10-17(16-24)28-22(26)23(27,20-8-4-14-30-20)21-9-5-15-31-21/h3-5,7-9,13-15,17,27H,2,6,10-12,16H2,1H3/q+1. The van der Waals surface area contributed by atoms with Crippen molar-refractivity contribution in [2.24, 2.45) is 0 Å². The van der Waals surface area contributed by atoms with E-state index in [0.717, 1.165) is 35.3 Å². The Labute approximate surface area is 194 Å². The van der Waals surface area contributed by atoms with E-state index < -0.39 is 11.6 Å². The van der Waals surface area contributed by atoms with Crippen molar-refractivity contribution in [2.75, 3.05) is 26.7 Å². The fourth-order valence-electron chi connectivity index (χ4n) is 4.14. The summed E-state index contributed by atoms with van der Waals surface area (Å²) in [6.07, 6.45) is 1.86. The van der Waals surface area contributed by atoms with E-state index in [4.69, 9.17) is 4.74 Å². The monoisotopic (exact) mass is 476 g/mol. The van der Waals surface area contributed by atoms with Crippen LogP contribution in [0.4, 0.5) is 0 Å². The Bertz CT molecular complexity index is 964. The summed E-state index contributed by atoms with van der Waals surface area (Å²) in [5, 5.41) is 17.0. The lowest BCUT2D eigenvalue weighted by molar-refractivity contribution is -0.899. The molecule has 0 aromatic carbocycles. The Morgan fingerprint density at radius 1 is 1.10 bits per heavy atom. The fourth-order valence-corrected chi connectivity index (χ4v) is 6.55. The Hall–Kier alpha value is -1.84. The lowest BCUT2D eigenvalue weighted by Crippen LogP contribution is -2.45. The number of carbonyl (C=O) groups excluding carboxylic acids is 2. The number of ketones is 1. The van der Waals surface area contributed by atoms with Gasteiger partial charge in [0, 0.05) is 19.3 Å². The van der Waals surface area contributed by atoms with Gasteiger partial charge < -0.3 is 14.3 Å². The van der Waals surface area contributed by atoms with Crippen LogP contribution in [-0.4, -0.2) is 54.1 Å². The molecule has 4 rings (SSSR count). The van der Waals surface area contributed by atoms with Crippen molar-refractivity contribution >= 4 is 45.8 Å². The number of hydrogen-bond acceptors (Lipinski definition) is 7. The predicted molar refractivity (Wildman–Crippen MR) is 125 cm³/mol. The van der Waals surface area contributed by atoms with Crippen molar-refractivity contribution < 1.29 is 23.9 Å². The molecule has 3 aromatic heterocycles. The molecule has 1 saturated heterocycles. The van der Waals surface area contributed by atoms with Crippen molar-refractivity contribution in [1.82, 2.24) is 0 Å². The zero-order valence-corrected chi connectivity index (χ0v) is 19.8. The number of quaternary nitrogens is 1. The van der Waals surface area contributed by atoms with Crippen LogP contribution in [0.25, 0.3) is 0 Å². The van der Waals surface area contributed by atoms with Gasteiger partial charge in [0.05, 0.1) is 34.8 Å². The van der Waals surface area contributed by atoms with Gasteiger partial charge in [0.2, 0.25) is 5.60 Å². The molecule has 0 aliphatic carbocycles. The third-order valence-corrected chi connectivity index (χ3v) is 8.73. The first-order valence-corrected chi connectivity index (χ1v) is 13.0. The zero-order chi connectivity index (χ0) is 21.9. The van der Waals surface area contributed by atoms with E-state index in [-0.39, 0.29) is 11.9 Å². The molecule has 1 aliphatic rings. The number of esters is 1. The molecule has 0 spiro atoms. The normalized spacial score (nSPS) is 21.3. The quantitative estimate of drug-likeness (QED) is 0.280. The lowest BCUT2D eigenvalue weighted by Gasteiger charge is -2.30. The summed E-state index contributed by atoms with van der Waals surface area (Å²) in [6.45, 7) is 2.46. The number of thiophene rings is 3. The highest BCUT2D eigenvalue weighted by Gasteiger charge is 2.46. The number of likely N-dealkylation sites (N-methyl/N-ethyl adjacent to an activating group) is 1. The summed E-state index contributed by atoms with van der Waals surface area (Å²) in [7, 11) is 2.15. The van der Waals surface area contributed by atoms with Crippen molar-refractivity contribution in [1.29, 1.82) is 0 Å². The third-order valence-electron chi connectivity index (χ3n) is 5.86. The van der Waals surface area contributed by atoms with Gasteiger partial charge in [-0.15, -0.1) is 34.0 Å². The number of hydrogen-bond donors (Lipinski definition) is 1. The first kappa shape index (κ1) is 22.4. The molecule has 1 aliphatic heterocycles. The van der Waals surface area contributed by atoms with E-state index in [0.29, 0.717) is 22.7 Å². The Kier molecular flexibility index (Phi) is 6.74. The second-order valence-electron chi connectivity index (χ2n) is 8.23. The maximum atomic E-state index is 13.2. The smallest absolute Gasteiger partial charge is 0.349 e. The molecule has 1 N–H and O–H groups in total. The molecule has 0 radical (unpaired) electrons. The van der Waals surface area contributed by atoms with E-state index in [9.17, 15) is 14.7 Å². The van der Waals surface area contributed by atoms with Crippen LogP contribution in [0.5, 0.6) is 0 Å². The maximum absolute atomic E-state index is 13.2. The molecule has 2 unspecified atom stereocenters. The number of aliphatic hydroxyl groups is 1. The Morgan fingerprint density at radius 3 is 2.32 bits per heavy atom. The SMILES string of the molecule is C[N+]1(CCCC(=O)c2cccs2)CCC(OC(=O)C(O)(c2cccs2)c2cccs2)C1. The minimum atomic E-state index is -1.76. The highest BCUT2D eigenvalue weighted by Crippen LogP contribution is 2.37. The average molecular weight is 477 g/mol. The summed E-state index contributed by atoms with van der Waals surface area (Å²) >= 11 is 4.18. The second-order valence-corrected chi connectivity index (χ2v) is 11.1. The van der Waals surface area contributed by atoms with Crippen molar-refractivity contribution in [3.8, 4) is 0 Å². The molecule has 1 fully saturated rings. The van der Waals surface area contributed by atoms with E-state index in [1.165, 1.54) is 34.0 Å². The molecule has 3 aromatic rings. The molecule has 4 heterocycles. The molecule has 5 nitrogen and oxygen atoms in total. The van der Waals surface area contributed by atoms with Crippen LogP contribution in [-0.2, 0) is 15.1 Å². The van der Waals surface area contributed by atoms with Crippen LogP contribution in [0, 0.1) is 0 Å². The van der Waals surface area contributed by atoms with E-state index in [1.54, 1.807) is 12.1 Å². The van der Waals surface area contributed by atoms with Crippen molar-refractivity contribution in [3.05, 3.63) is 67.2 Å². The number of nitrogens with zero attached hydrogens (tertiary/aromatic N) is 1. The predicted octanol–water partition coefficient (Wildman–Crippen LogP) is 4.53. The first-order valence-electron chi connectivity index (χ1n) is 10.3. The van der Waals surface area contributed by atoms with E-state index in [2.05, 4.69) is 7.05 Å². The number of Topliss-reactive ketones (excluding diaryl/α,β-unsaturated/α-hetero) is 1. The number of ether oxygens (including phenoxy) is 1. The van der Waals surface area contributed by atoms with Crippen LogP contribution < -0.4 is 0 Å².